The van der Waals surface area contributed by atoms with Crippen LogP contribution in [0, 0.1) is 11.5 Å². The third-order valence-corrected chi connectivity index (χ3v) is 3.21. The van der Waals surface area contributed by atoms with Crippen molar-refractivity contribution in [3.63, 3.8) is 0 Å². The first-order valence-electron chi connectivity index (χ1n) is 6.28. The van der Waals surface area contributed by atoms with Gasteiger partial charge in [0.2, 0.25) is 0 Å². The quantitative estimate of drug-likeness (QED) is 0.406. The molecule has 0 aliphatic heterocycles. The van der Waals surface area contributed by atoms with Crippen LogP contribution in [0.5, 0.6) is 0 Å². The molecule has 0 saturated heterocycles. The van der Waals surface area contributed by atoms with Crippen LogP contribution in [-0.4, -0.2) is 16.4 Å². The Labute approximate surface area is 128 Å². The van der Waals surface area contributed by atoms with Gasteiger partial charge in [0.05, 0.1) is 5.69 Å². The summed E-state index contributed by atoms with van der Waals surface area (Å²) in [7, 11) is 0. The summed E-state index contributed by atoms with van der Waals surface area (Å²) in [5.74, 6) is 0. The predicted molar refractivity (Wildman–Crippen MR) is 89.0 cm³/mol. The maximum atomic E-state index is 8.64. The van der Waals surface area contributed by atoms with Crippen molar-refractivity contribution in [1.82, 2.24) is 10.3 Å². The van der Waals surface area contributed by atoms with Crippen molar-refractivity contribution in [2.75, 3.05) is 6.26 Å². The molecule has 0 atom stereocenters. The lowest BCUT2D eigenvalue weighted by Crippen LogP contribution is -2.12. The zero-order chi connectivity index (χ0) is 14.9. The molecule has 1 aromatic heterocycles. The average molecular weight is 294 g/mol. The van der Waals surface area contributed by atoms with Crippen LogP contribution in [0.3, 0.4) is 0 Å². The van der Waals surface area contributed by atoms with Gasteiger partial charge in [0.25, 0.3) is 0 Å². The van der Waals surface area contributed by atoms with Gasteiger partial charge in [-0.25, -0.2) is 4.99 Å². The number of nitriles is 1. The fourth-order valence-electron chi connectivity index (χ4n) is 1.65. The Hall–Kier alpha value is -2.58. The Bertz CT molecular complexity index is 687. The lowest BCUT2D eigenvalue weighted by Gasteiger charge is -2.01. The van der Waals surface area contributed by atoms with E-state index in [2.05, 4.69) is 15.3 Å². The van der Waals surface area contributed by atoms with E-state index in [1.165, 1.54) is 11.8 Å². The highest BCUT2D eigenvalue weighted by molar-refractivity contribution is 8.13. The molecular formula is C16H14N4S. The molecular weight excluding hydrogens is 280 g/mol. The van der Waals surface area contributed by atoms with Crippen molar-refractivity contribution in [3.05, 3.63) is 59.9 Å². The number of thioether (sulfide) groups is 1. The number of hydrogen-bond donors (Lipinski definition) is 1. The number of aliphatic imine (C=N–C) groups is 1. The van der Waals surface area contributed by atoms with Gasteiger partial charge in [-0.3, -0.25) is 10.3 Å². The van der Waals surface area contributed by atoms with E-state index in [1.807, 2.05) is 61.0 Å². The second-order valence-corrected chi connectivity index (χ2v) is 4.86. The van der Waals surface area contributed by atoms with Crippen molar-refractivity contribution in [2.45, 2.75) is 0 Å². The summed E-state index contributed by atoms with van der Waals surface area (Å²) in [5.41, 5.74) is 2.94. The van der Waals surface area contributed by atoms with Crippen molar-refractivity contribution in [2.24, 2.45) is 4.99 Å². The molecule has 5 heteroatoms. The summed E-state index contributed by atoms with van der Waals surface area (Å²) in [4.78, 5) is 8.37. The Morgan fingerprint density at radius 3 is 2.71 bits per heavy atom. The SMILES string of the molecule is CSC(=Nc1cccc(C=Cc2ccncc2)c1)NC#N. The highest BCUT2D eigenvalue weighted by Crippen LogP contribution is 2.17. The molecule has 0 amide bonds. The lowest BCUT2D eigenvalue weighted by molar-refractivity contribution is 1.28. The summed E-state index contributed by atoms with van der Waals surface area (Å²) in [6, 6.07) is 11.7. The molecule has 1 heterocycles. The van der Waals surface area contributed by atoms with E-state index in [9.17, 15) is 0 Å². The summed E-state index contributed by atoms with van der Waals surface area (Å²) < 4.78 is 0. The van der Waals surface area contributed by atoms with Gasteiger partial charge in [0.1, 0.15) is 0 Å². The standard InChI is InChI=1S/C16H14N4S/c1-21-16(19-12-17)20-15-4-2-3-14(11-15)6-5-13-7-9-18-10-8-13/h2-11H,1H3,(H,19,20). The molecule has 0 radical (unpaired) electrons. The number of pyridine rings is 1. The van der Waals surface area contributed by atoms with Crippen LogP contribution in [0.15, 0.2) is 53.8 Å². The molecule has 0 fully saturated rings. The number of benzene rings is 1. The van der Waals surface area contributed by atoms with Crippen molar-refractivity contribution in [3.8, 4) is 6.19 Å². The van der Waals surface area contributed by atoms with Crippen LogP contribution in [0.4, 0.5) is 5.69 Å². The van der Waals surface area contributed by atoms with Crippen LogP contribution in [0.2, 0.25) is 0 Å². The molecule has 1 aromatic carbocycles. The Morgan fingerprint density at radius 1 is 1.24 bits per heavy atom. The third-order valence-electron chi connectivity index (χ3n) is 2.63. The Morgan fingerprint density at radius 2 is 2.00 bits per heavy atom. The minimum absolute atomic E-state index is 0.577. The minimum Gasteiger partial charge on any atom is -0.271 e. The zero-order valence-electron chi connectivity index (χ0n) is 11.5. The normalized spacial score (nSPS) is 11.3. The topological polar surface area (TPSA) is 61.1 Å². The van der Waals surface area contributed by atoms with Gasteiger partial charge in [0, 0.05) is 12.4 Å². The summed E-state index contributed by atoms with van der Waals surface area (Å²) in [6.45, 7) is 0. The Balaban J connectivity index is 2.18. The number of amidine groups is 1. The molecule has 0 saturated carbocycles. The van der Waals surface area contributed by atoms with E-state index in [0.717, 1.165) is 16.8 Å². The molecule has 2 aromatic rings. The lowest BCUT2D eigenvalue weighted by atomic mass is 10.1. The number of hydrogen-bond acceptors (Lipinski definition) is 4. The first-order valence-corrected chi connectivity index (χ1v) is 7.50. The summed E-state index contributed by atoms with van der Waals surface area (Å²) in [5, 5.41) is 11.8. The van der Waals surface area contributed by atoms with Crippen molar-refractivity contribution >= 4 is 34.8 Å². The highest BCUT2D eigenvalue weighted by atomic mass is 32.2. The third kappa shape index (κ3) is 4.79. The molecule has 4 nitrogen and oxygen atoms in total. The molecule has 21 heavy (non-hydrogen) atoms. The maximum absolute atomic E-state index is 8.64. The van der Waals surface area contributed by atoms with Crippen LogP contribution in [0.25, 0.3) is 12.2 Å². The van der Waals surface area contributed by atoms with Crippen molar-refractivity contribution in [1.29, 1.82) is 5.26 Å². The molecule has 0 unspecified atom stereocenters. The number of nitrogens with one attached hydrogen (secondary N) is 1. The van der Waals surface area contributed by atoms with Gasteiger partial charge < -0.3 is 0 Å². The minimum atomic E-state index is 0.577. The average Bonchev–Trinajstić information content (AvgIpc) is 2.54. The highest BCUT2D eigenvalue weighted by Gasteiger charge is 1.97. The molecule has 0 aliphatic carbocycles. The first-order chi connectivity index (χ1) is 10.3. The number of aromatic nitrogens is 1. The molecule has 0 bridgehead atoms. The van der Waals surface area contributed by atoms with E-state index >= 15 is 0 Å². The molecule has 1 N–H and O–H groups in total. The second-order valence-electron chi connectivity index (χ2n) is 4.07. The van der Waals surface area contributed by atoms with Crippen LogP contribution >= 0.6 is 11.8 Å². The number of rotatable bonds is 3. The van der Waals surface area contributed by atoms with Crippen molar-refractivity contribution < 1.29 is 0 Å². The molecule has 0 spiro atoms. The fraction of sp³-hybridized carbons (Fsp3) is 0.0625. The van der Waals surface area contributed by atoms with Crippen LogP contribution < -0.4 is 5.32 Å². The van der Waals surface area contributed by atoms with Crippen LogP contribution in [0.1, 0.15) is 11.1 Å². The number of nitrogens with zero attached hydrogens (tertiary/aromatic N) is 3. The summed E-state index contributed by atoms with van der Waals surface area (Å²) in [6.07, 6.45) is 11.3. The Kier molecular flexibility index (Phi) is 5.56. The monoisotopic (exact) mass is 294 g/mol. The van der Waals surface area contributed by atoms with Gasteiger partial charge in [-0.15, -0.1) is 0 Å². The van der Waals surface area contributed by atoms with Gasteiger partial charge in [-0.05, 0) is 41.6 Å². The first kappa shape index (κ1) is 14.8. The maximum Gasteiger partial charge on any atom is 0.183 e. The second kappa shape index (κ2) is 7.88. The zero-order valence-corrected chi connectivity index (χ0v) is 12.3. The van der Waals surface area contributed by atoms with Gasteiger partial charge >= 0.3 is 0 Å². The predicted octanol–water partition coefficient (Wildman–Crippen LogP) is 3.67. The molecule has 0 aliphatic rings. The fourth-order valence-corrected chi connectivity index (χ4v) is 2.00. The van der Waals surface area contributed by atoms with E-state index in [1.54, 1.807) is 12.4 Å². The smallest absolute Gasteiger partial charge is 0.183 e. The molecule has 104 valence electrons. The van der Waals surface area contributed by atoms with E-state index in [-0.39, 0.29) is 0 Å². The van der Waals surface area contributed by atoms with Gasteiger partial charge in [0.15, 0.2) is 11.4 Å². The van der Waals surface area contributed by atoms with E-state index in [4.69, 9.17) is 5.26 Å². The van der Waals surface area contributed by atoms with Crippen LogP contribution in [-0.2, 0) is 0 Å². The largest absolute Gasteiger partial charge is 0.271 e. The van der Waals surface area contributed by atoms with Gasteiger partial charge in [-0.1, -0.05) is 36.0 Å². The van der Waals surface area contributed by atoms with E-state index < -0.39 is 0 Å². The molecule has 2 rings (SSSR count). The van der Waals surface area contributed by atoms with Gasteiger partial charge in [-0.2, -0.15) is 5.26 Å². The van der Waals surface area contributed by atoms with E-state index in [0.29, 0.717) is 5.17 Å². The summed E-state index contributed by atoms with van der Waals surface area (Å²) >= 11 is 1.40.